The smallest absolute Gasteiger partial charge is 0.370 e. The van der Waals surface area contributed by atoms with Gasteiger partial charge in [0.25, 0.3) is 0 Å². The molecule has 0 aliphatic rings. The summed E-state index contributed by atoms with van der Waals surface area (Å²) in [6.07, 6.45) is -1.72. The zero-order chi connectivity index (χ0) is 17.0. The van der Waals surface area contributed by atoms with Crippen LogP contribution >= 0.6 is 0 Å². The molecular weight excluding hydrogens is 307 g/mol. The maximum absolute atomic E-state index is 12.4. The van der Waals surface area contributed by atoms with Gasteiger partial charge in [-0.3, -0.25) is 0 Å². The zero-order valence-electron chi connectivity index (χ0n) is 12.9. The second kappa shape index (κ2) is 6.72. The lowest BCUT2D eigenvalue weighted by Crippen LogP contribution is -2.23. The summed E-state index contributed by atoms with van der Waals surface area (Å²) in [5, 5.41) is 2.91. The molecule has 0 unspecified atom stereocenters. The molecule has 0 aliphatic heterocycles. The van der Waals surface area contributed by atoms with Crippen LogP contribution < -0.4 is 11.1 Å². The molecule has 2 aromatic rings. The van der Waals surface area contributed by atoms with Crippen LogP contribution in [0.1, 0.15) is 17.0 Å². The van der Waals surface area contributed by atoms with Crippen LogP contribution in [-0.4, -0.2) is 21.7 Å². The second-order valence-electron chi connectivity index (χ2n) is 5.21. The first-order chi connectivity index (χ1) is 10.7. The Morgan fingerprint density at radius 1 is 1.30 bits per heavy atom. The van der Waals surface area contributed by atoms with E-state index in [4.69, 9.17) is 5.73 Å². The first kappa shape index (κ1) is 16.9. The molecule has 124 valence electrons. The number of benzene rings is 1. The normalized spacial score (nSPS) is 12.5. The van der Waals surface area contributed by atoms with Gasteiger partial charge in [0.1, 0.15) is 18.9 Å². The molecule has 1 aromatic carbocycles. The van der Waals surface area contributed by atoms with Crippen LogP contribution in [0, 0.1) is 13.8 Å². The molecule has 0 saturated heterocycles. The number of anilines is 1. The summed E-state index contributed by atoms with van der Waals surface area (Å²) in [7, 11) is 0. The van der Waals surface area contributed by atoms with Crippen molar-refractivity contribution >= 4 is 11.6 Å². The topological polar surface area (TPSA) is 68.2 Å². The summed E-state index contributed by atoms with van der Waals surface area (Å²) in [6, 6.07) is 5.72. The van der Waals surface area contributed by atoms with Gasteiger partial charge in [0, 0.05) is 18.1 Å². The average molecular weight is 325 g/mol. The van der Waals surface area contributed by atoms with E-state index in [0.29, 0.717) is 0 Å². The molecule has 1 aromatic heterocycles. The van der Waals surface area contributed by atoms with Gasteiger partial charge in [0.15, 0.2) is 5.96 Å². The number of hydrogen-bond acceptors (Lipinski definition) is 2. The van der Waals surface area contributed by atoms with E-state index in [-0.39, 0.29) is 18.3 Å². The van der Waals surface area contributed by atoms with Gasteiger partial charge >= 0.3 is 6.18 Å². The van der Waals surface area contributed by atoms with E-state index < -0.39 is 12.7 Å². The molecule has 5 nitrogen and oxygen atoms in total. The molecule has 8 heteroatoms. The summed E-state index contributed by atoms with van der Waals surface area (Å²) in [6.45, 7) is 2.84. The number of nitrogens with zero attached hydrogens (tertiary/aromatic N) is 3. The fourth-order valence-electron chi connectivity index (χ4n) is 1.99. The Morgan fingerprint density at radius 3 is 2.70 bits per heavy atom. The predicted octanol–water partition coefficient (Wildman–Crippen LogP) is 2.99. The van der Waals surface area contributed by atoms with Gasteiger partial charge in [-0.25, -0.2) is 9.98 Å². The molecule has 0 radical (unpaired) electrons. The third kappa shape index (κ3) is 5.01. The van der Waals surface area contributed by atoms with Crippen molar-refractivity contribution in [1.82, 2.24) is 9.55 Å². The number of aromatic nitrogens is 2. The van der Waals surface area contributed by atoms with Crippen molar-refractivity contribution in [2.24, 2.45) is 10.7 Å². The molecule has 0 fully saturated rings. The zero-order valence-corrected chi connectivity index (χ0v) is 12.9. The monoisotopic (exact) mass is 325 g/mol. The van der Waals surface area contributed by atoms with Crippen LogP contribution in [0.4, 0.5) is 18.9 Å². The van der Waals surface area contributed by atoms with Crippen LogP contribution in [0.15, 0.2) is 35.6 Å². The van der Waals surface area contributed by atoms with Gasteiger partial charge in [-0.1, -0.05) is 6.07 Å². The number of hydrogen-bond donors (Lipinski definition) is 2. The molecule has 23 heavy (non-hydrogen) atoms. The molecular formula is C15H18F3N5. The number of halogens is 3. The minimum absolute atomic E-state index is 0.0350. The number of alkyl halides is 3. The van der Waals surface area contributed by atoms with E-state index in [1.807, 2.05) is 32.0 Å². The van der Waals surface area contributed by atoms with E-state index in [2.05, 4.69) is 15.3 Å². The molecule has 0 atom stereocenters. The molecule has 0 spiro atoms. The number of rotatable bonds is 4. The minimum Gasteiger partial charge on any atom is -0.370 e. The van der Waals surface area contributed by atoms with Gasteiger partial charge in [-0.2, -0.15) is 13.2 Å². The van der Waals surface area contributed by atoms with Crippen molar-refractivity contribution in [3.8, 4) is 0 Å². The van der Waals surface area contributed by atoms with Crippen molar-refractivity contribution in [1.29, 1.82) is 0 Å². The van der Waals surface area contributed by atoms with Crippen LogP contribution in [0.2, 0.25) is 0 Å². The summed E-state index contributed by atoms with van der Waals surface area (Å²) in [4.78, 5) is 7.91. The van der Waals surface area contributed by atoms with E-state index in [1.54, 1.807) is 0 Å². The van der Waals surface area contributed by atoms with E-state index >= 15 is 0 Å². The molecule has 2 rings (SSSR count). The van der Waals surface area contributed by atoms with E-state index in [0.717, 1.165) is 21.4 Å². The Balaban J connectivity index is 2.02. The number of nitrogens with two attached hydrogens (primary N) is 1. The lowest BCUT2D eigenvalue weighted by atomic mass is 10.1. The summed E-state index contributed by atoms with van der Waals surface area (Å²) >= 11 is 0. The third-order valence-electron chi connectivity index (χ3n) is 3.32. The largest absolute Gasteiger partial charge is 0.406 e. The molecule has 1 heterocycles. The average Bonchev–Trinajstić information content (AvgIpc) is 2.86. The molecule has 0 aliphatic carbocycles. The highest BCUT2D eigenvalue weighted by atomic mass is 19.4. The van der Waals surface area contributed by atoms with Gasteiger partial charge < -0.3 is 15.6 Å². The SMILES string of the molecule is Cc1ccc(NC(N)=NCc2nccn2CC(F)(F)F)cc1C. The molecule has 0 bridgehead atoms. The van der Waals surface area contributed by atoms with Crippen LogP contribution in [0.25, 0.3) is 0 Å². The highest BCUT2D eigenvalue weighted by molar-refractivity contribution is 5.92. The Hall–Kier alpha value is -2.51. The van der Waals surface area contributed by atoms with E-state index in [1.165, 1.54) is 12.4 Å². The number of aryl methyl sites for hydroxylation is 2. The van der Waals surface area contributed by atoms with Crippen molar-refractivity contribution in [2.75, 3.05) is 5.32 Å². The maximum atomic E-state index is 12.4. The van der Waals surface area contributed by atoms with Crippen molar-refractivity contribution in [3.63, 3.8) is 0 Å². The molecule has 0 saturated carbocycles. The lowest BCUT2D eigenvalue weighted by molar-refractivity contribution is -0.141. The number of aliphatic imine (C=N–C) groups is 1. The van der Waals surface area contributed by atoms with Gasteiger partial charge in [-0.15, -0.1) is 0 Å². The maximum Gasteiger partial charge on any atom is 0.406 e. The van der Waals surface area contributed by atoms with Gasteiger partial charge in [0.2, 0.25) is 0 Å². The predicted molar refractivity (Wildman–Crippen MR) is 83.1 cm³/mol. The number of imidazole rings is 1. The molecule has 0 amide bonds. The lowest BCUT2D eigenvalue weighted by Gasteiger charge is -2.10. The fraction of sp³-hybridized carbons (Fsp3) is 0.333. The van der Waals surface area contributed by atoms with Crippen molar-refractivity contribution < 1.29 is 13.2 Å². The highest BCUT2D eigenvalue weighted by Gasteiger charge is 2.28. The molecule has 3 N–H and O–H groups in total. The van der Waals surface area contributed by atoms with Crippen LogP contribution in [0.3, 0.4) is 0 Å². The Kier molecular flexibility index (Phi) is 4.92. The summed E-state index contributed by atoms with van der Waals surface area (Å²) in [5.74, 6) is 0.321. The fourth-order valence-corrected chi connectivity index (χ4v) is 1.99. The van der Waals surface area contributed by atoms with Crippen molar-refractivity contribution in [3.05, 3.63) is 47.5 Å². The highest BCUT2D eigenvalue weighted by Crippen LogP contribution is 2.18. The quantitative estimate of drug-likeness (QED) is 0.671. The summed E-state index contributed by atoms with van der Waals surface area (Å²) in [5.41, 5.74) is 8.79. The summed E-state index contributed by atoms with van der Waals surface area (Å²) < 4.78 is 38.3. The standard InChI is InChI=1S/C15H18F3N5/c1-10-3-4-12(7-11(10)2)22-14(19)21-8-13-20-5-6-23(13)9-15(16,17)18/h3-7H,8-9H2,1-2H3,(H3,19,21,22). The van der Waals surface area contributed by atoms with Crippen LogP contribution in [-0.2, 0) is 13.1 Å². The first-order valence-electron chi connectivity index (χ1n) is 6.95. The Bertz CT molecular complexity index is 703. The van der Waals surface area contributed by atoms with E-state index in [9.17, 15) is 13.2 Å². The second-order valence-corrected chi connectivity index (χ2v) is 5.21. The number of nitrogens with one attached hydrogen (secondary N) is 1. The van der Waals surface area contributed by atoms with Gasteiger partial charge in [-0.05, 0) is 37.1 Å². The number of guanidine groups is 1. The van der Waals surface area contributed by atoms with Gasteiger partial charge in [0.05, 0.1) is 0 Å². The minimum atomic E-state index is -4.30. The van der Waals surface area contributed by atoms with Crippen molar-refractivity contribution in [2.45, 2.75) is 33.1 Å². The third-order valence-corrected chi connectivity index (χ3v) is 3.32. The first-order valence-corrected chi connectivity index (χ1v) is 6.95. The Labute approximate surface area is 132 Å². The Morgan fingerprint density at radius 2 is 2.04 bits per heavy atom. The van der Waals surface area contributed by atoms with Crippen LogP contribution in [0.5, 0.6) is 0 Å².